The molecule has 2 N–H and O–H groups in total. The molecule has 2 unspecified atom stereocenters. The number of methoxy groups -OCH3 is 1. The second-order valence-electron chi connectivity index (χ2n) is 11.5. The van der Waals surface area contributed by atoms with Crippen molar-refractivity contribution in [2.75, 3.05) is 26.7 Å². The van der Waals surface area contributed by atoms with Crippen molar-refractivity contribution in [2.45, 2.75) is 43.7 Å². The zero-order chi connectivity index (χ0) is 33.8. The summed E-state index contributed by atoms with van der Waals surface area (Å²) >= 11 is 0. The predicted octanol–water partition coefficient (Wildman–Crippen LogP) is 6.39. The summed E-state index contributed by atoms with van der Waals surface area (Å²) in [7, 11) is 1.45. The topological polar surface area (TPSA) is 127 Å². The second-order valence-corrected chi connectivity index (χ2v) is 11.5. The van der Waals surface area contributed by atoms with Gasteiger partial charge in [-0.2, -0.15) is 13.2 Å². The predicted molar refractivity (Wildman–Crippen MR) is 168 cm³/mol. The summed E-state index contributed by atoms with van der Waals surface area (Å²) in [5.41, 5.74) is -2.33. The van der Waals surface area contributed by atoms with Crippen LogP contribution in [0.15, 0.2) is 79.0 Å². The number of likely N-dealkylation sites (tertiary alicyclic amines) is 1. The first-order valence-electron chi connectivity index (χ1n) is 15.0. The van der Waals surface area contributed by atoms with Crippen LogP contribution in [-0.2, 0) is 16.9 Å². The lowest BCUT2D eigenvalue weighted by molar-refractivity contribution is -0.384. The van der Waals surface area contributed by atoms with Gasteiger partial charge in [0.15, 0.2) is 11.5 Å². The maximum atomic E-state index is 14.9. The van der Waals surface area contributed by atoms with E-state index in [4.69, 9.17) is 14.6 Å². The van der Waals surface area contributed by atoms with Crippen molar-refractivity contribution < 1.29 is 42.6 Å². The van der Waals surface area contributed by atoms with Crippen LogP contribution in [0.3, 0.4) is 0 Å². The summed E-state index contributed by atoms with van der Waals surface area (Å²) in [6.07, 6.45) is -0.315. The van der Waals surface area contributed by atoms with Crippen molar-refractivity contribution >= 4 is 28.6 Å². The molecular weight excluding hydrogens is 619 g/mol. The average Bonchev–Trinajstić information content (AvgIpc) is 3.25. The third-order valence-corrected chi connectivity index (χ3v) is 8.31. The fraction of sp³-hybridized carbons (Fsp3) is 0.324. The first kappa shape index (κ1) is 33.5. The van der Waals surface area contributed by atoms with Crippen LogP contribution in [0.1, 0.15) is 36.0 Å². The molecule has 2 atom stereocenters. The Bertz CT molecular complexity index is 1770. The van der Waals surface area contributed by atoms with Crippen molar-refractivity contribution in [1.82, 2.24) is 9.47 Å². The van der Waals surface area contributed by atoms with E-state index >= 15 is 0 Å². The SMILES string of the molecule is COc1cc(C=CC(=O)O)ccc1OC1CCCN(CC(O)(c2cn(Cc3ccccc3)c3cc([N+](=O)[O-])ccc23)C(F)(F)F)CC1. The lowest BCUT2D eigenvalue weighted by Gasteiger charge is -2.35. The Morgan fingerprint density at radius 3 is 2.51 bits per heavy atom. The van der Waals surface area contributed by atoms with Crippen LogP contribution in [0.2, 0.25) is 0 Å². The van der Waals surface area contributed by atoms with E-state index in [0.717, 1.165) is 17.7 Å². The van der Waals surface area contributed by atoms with Gasteiger partial charge in [-0.1, -0.05) is 36.4 Å². The van der Waals surface area contributed by atoms with Gasteiger partial charge in [0.1, 0.15) is 6.10 Å². The summed E-state index contributed by atoms with van der Waals surface area (Å²) in [6.45, 7) is -0.102. The Labute approximate surface area is 268 Å². The molecule has 1 fully saturated rings. The number of ether oxygens (including phenoxy) is 2. The van der Waals surface area contributed by atoms with Crippen LogP contribution in [0, 0.1) is 10.1 Å². The van der Waals surface area contributed by atoms with Crippen LogP contribution in [0.25, 0.3) is 17.0 Å². The highest BCUT2D eigenvalue weighted by molar-refractivity contribution is 5.87. The van der Waals surface area contributed by atoms with E-state index in [1.807, 2.05) is 6.07 Å². The number of nitrogens with zero attached hydrogens (tertiary/aromatic N) is 3. The van der Waals surface area contributed by atoms with Gasteiger partial charge in [0, 0.05) is 55.0 Å². The fourth-order valence-electron chi connectivity index (χ4n) is 5.92. The number of nitro groups is 1. The summed E-state index contributed by atoms with van der Waals surface area (Å²) in [5, 5.41) is 32.1. The van der Waals surface area contributed by atoms with Gasteiger partial charge in [-0.3, -0.25) is 15.0 Å². The van der Waals surface area contributed by atoms with E-state index in [-0.39, 0.29) is 47.9 Å². The molecule has 1 aliphatic rings. The quantitative estimate of drug-likeness (QED) is 0.108. The zero-order valence-corrected chi connectivity index (χ0v) is 25.5. The second kappa shape index (κ2) is 13.9. The maximum Gasteiger partial charge on any atom is 0.422 e. The van der Waals surface area contributed by atoms with E-state index in [1.165, 1.54) is 36.1 Å². The number of hydrogen-bond acceptors (Lipinski definition) is 7. The van der Waals surface area contributed by atoms with Crippen LogP contribution >= 0.6 is 0 Å². The van der Waals surface area contributed by atoms with Crippen molar-refractivity contribution in [3.8, 4) is 11.5 Å². The van der Waals surface area contributed by atoms with Crippen molar-refractivity contribution in [1.29, 1.82) is 0 Å². The molecular formula is C34H34F3N3O7. The van der Waals surface area contributed by atoms with Crippen LogP contribution in [0.5, 0.6) is 11.5 Å². The molecule has 0 saturated carbocycles. The lowest BCUT2D eigenvalue weighted by Crippen LogP contribution is -2.51. The molecule has 5 rings (SSSR count). The normalized spacial score (nSPS) is 17.3. The van der Waals surface area contributed by atoms with Gasteiger partial charge in [-0.05, 0) is 61.2 Å². The summed E-state index contributed by atoms with van der Waals surface area (Å²) < 4.78 is 57.9. The van der Waals surface area contributed by atoms with Crippen LogP contribution < -0.4 is 9.47 Å². The standard InChI is InChI=1S/C34H34F3N3O7/c1-46-31-18-23(10-14-32(41)42)9-13-30(31)47-26-8-5-16-38(17-15-26)22-33(43,34(35,36)37)28-21-39(20-24-6-3-2-4-7-24)29-19-25(40(44)45)11-12-27(28)29/h2-4,6-7,9-14,18-19,21,26,43H,5,8,15-17,20,22H2,1H3,(H,41,42). The molecule has 2 heterocycles. The molecule has 0 bridgehead atoms. The number of non-ortho nitro benzene ring substituents is 1. The number of hydrogen-bond donors (Lipinski definition) is 2. The number of aliphatic hydroxyl groups is 1. The van der Waals surface area contributed by atoms with Crippen molar-refractivity contribution in [2.24, 2.45) is 0 Å². The number of halogens is 3. The number of benzene rings is 3. The van der Waals surface area contributed by atoms with Gasteiger partial charge in [0.2, 0.25) is 5.60 Å². The molecule has 1 aliphatic heterocycles. The van der Waals surface area contributed by atoms with Crippen molar-refractivity contribution in [3.63, 3.8) is 0 Å². The average molecular weight is 654 g/mol. The highest BCUT2D eigenvalue weighted by Crippen LogP contribution is 2.44. The summed E-state index contributed by atoms with van der Waals surface area (Å²) in [6, 6.07) is 17.6. The minimum Gasteiger partial charge on any atom is -0.493 e. The van der Waals surface area contributed by atoms with E-state index in [1.54, 1.807) is 47.4 Å². The lowest BCUT2D eigenvalue weighted by atomic mass is 9.91. The van der Waals surface area contributed by atoms with Gasteiger partial charge < -0.3 is 24.3 Å². The number of nitro benzene ring substituents is 1. The van der Waals surface area contributed by atoms with E-state index in [9.17, 15) is 33.2 Å². The molecule has 248 valence electrons. The molecule has 0 aliphatic carbocycles. The van der Waals surface area contributed by atoms with Crippen LogP contribution in [-0.4, -0.2) is 69.6 Å². The Hall–Kier alpha value is -4.88. The molecule has 0 radical (unpaired) electrons. The number of aromatic nitrogens is 1. The number of carboxylic acid groups (broad SMARTS) is 1. The van der Waals surface area contributed by atoms with Gasteiger partial charge in [0.05, 0.1) is 17.5 Å². The first-order chi connectivity index (χ1) is 22.4. The number of rotatable bonds is 11. The first-order valence-corrected chi connectivity index (χ1v) is 15.0. The molecule has 13 heteroatoms. The maximum absolute atomic E-state index is 14.9. The number of fused-ring (bicyclic) bond motifs is 1. The smallest absolute Gasteiger partial charge is 0.422 e. The highest BCUT2D eigenvalue weighted by atomic mass is 19.4. The minimum absolute atomic E-state index is 0.0797. The monoisotopic (exact) mass is 653 g/mol. The molecule has 10 nitrogen and oxygen atoms in total. The number of β-amino-alcohol motifs (C(OH)–C–C–N with tert-alkyl or cyclic N) is 1. The van der Waals surface area contributed by atoms with E-state index in [0.29, 0.717) is 36.3 Å². The Balaban J connectivity index is 1.39. The molecule has 0 amide bonds. The number of carbonyl (C=O) groups is 1. The molecule has 1 saturated heterocycles. The molecule has 47 heavy (non-hydrogen) atoms. The zero-order valence-electron chi connectivity index (χ0n) is 25.5. The molecule has 0 spiro atoms. The fourth-order valence-corrected chi connectivity index (χ4v) is 5.92. The summed E-state index contributed by atoms with van der Waals surface area (Å²) in [4.78, 5) is 23.3. The van der Waals surface area contributed by atoms with E-state index in [2.05, 4.69) is 0 Å². The Morgan fingerprint density at radius 1 is 1.06 bits per heavy atom. The van der Waals surface area contributed by atoms with Gasteiger partial charge in [-0.15, -0.1) is 0 Å². The molecule has 3 aromatic carbocycles. The summed E-state index contributed by atoms with van der Waals surface area (Å²) in [5.74, 6) is -0.283. The van der Waals surface area contributed by atoms with Crippen LogP contribution in [0.4, 0.5) is 18.9 Å². The largest absolute Gasteiger partial charge is 0.493 e. The Kier molecular flexibility index (Phi) is 9.87. The van der Waals surface area contributed by atoms with Gasteiger partial charge in [-0.25, -0.2) is 4.79 Å². The van der Waals surface area contributed by atoms with Crippen molar-refractivity contribution in [3.05, 3.63) is 106 Å². The van der Waals surface area contributed by atoms with Gasteiger partial charge >= 0.3 is 12.1 Å². The number of carboxylic acids is 1. The molecule has 4 aromatic rings. The third kappa shape index (κ3) is 7.58. The Morgan fingerprint density at radius 2 is 1.83 bits per heavy atom. The highest BCUT2D eigenvalue weighted by Gasteiger charge is 2.57. The number of alkyl halides is 3. The minimum atomic E-state index is -5.06. The number of aliphatic carboxylic acids is 1. The van der Waals surface area contributed by atoms with E-state index < -0.39 is 29.2 Å². The third-order valence-electron chi connectivity index (χ3n) is 8.31. The van der Waals surface area contributed by atoms with Gasteiger partial charge in [0.25, 0.3) is 5.69 Å². The molecule has 1 aromatic heterocycles.